The SMILES string of the molecule is C[C@H]1[C@@H]2[C@@H](O)C([C@H](C)C(=O)N3CCOCC3)CC[C@@]2(C)CC[C@@H]1NC(=O)CC(C)(C)C. The summed E-state index contributed by atoms with van der Waals surface area (Å²) in [5.41, 5.74) is 0.0313. The second-order valence-corrected chi connectivity index (χ2v) is 11.9. The Morgan fingerprint density at radius 2 is 1.81 bits per heavy atom. The molecule has 6 heteroatoms. The molecule has 2 saturated carbocycles. The third kappa shape index (κ3) is 5.44. The van der Waals surface area contributed by atoms with Gasteiger partial charge in [0.05, 0.1) is 19.3 Å². The van der Waals surface area contributed by atoms with Crippen LogP contribution in [0.4, 0.5) is 0 Å². The number of carbonyl (C=O) groups is 2. The van der Waals surface area contributed by atoms with Gasteiger partial charge in [-0.05, 0) is 54.3 Å². The van der Waals surface area contributed by atoms with Crippen molar-refractivity contribution >= 4 is 11.8 Å². The van der Waals surface area contributed by atoms with Gasteiger partial charge in [0.15, 0.2) is 0 Å². The smallest absolute Gasteiger partial charge is 0.225 e. The quantitative estimate of drug-likeness (QED) is 0.709. The molecule has 1 heterocycles. The molecule has 2 amide bonds. The van der Waals surface area contributed by atoms with E-state index in [0.29, 0.717) is 32.7 Å². The van der Waals surface area contributed by atoms with Crippen LogP contribution in [0.3, 0.4) is 0 Å². The number of hydrogen-bond acceptors (Lipinski definition) is 4. The number of morpholine rings is 1. The molecule has 2 aliphatic carbocycles. The minimum atomic E-state index is -0.518. The first kappa shape index (κ1) is 24.5. The van der Waals surface area contributed by atoms with E-state index < -0.39 is 6.10 Å². The minimum Gasteiger partial charge on any atom is -0.392 e. The van der Waals surface area contributed by atoms with Crippen molar-refractivity contribution in [2.75, 3.05) is 26.3 Å². The molecule has 3 rings (SSSR count). The van der Waals surface area contributed by atoms with Crippen LogP contribution in [-0.4, -0.2) is 60.3 Å². The summed E-state index contributed by atoms with van der Waals surface area (Å²) in [7, 11) is 0. The van der Waals surface area contributed by atoms with Crippen molar-refractivity contribution in [1.29, 1.82) is 0 Å². The Kier molecular flexibility index (Phi) is 7.42. The number of rotatable bonds is 4. The van der Waals surface area contributed by atoms with Gasteiger partial charge in [0.1, 0.15) is 0 Å². The van der Waals surface area contributed by atoms with Gasteiger partial charge in [0.2, 0.25) is 11.8 Å². The van der Waals surface area contributed by atoms with E-state index in [-0.39, 0.29) is 52.4 Å². The average Bonchev–Trinajstić information content (AvgIpc) is 2.68. The van der Waals surface area contributed by atoms with Crippen LogP contribution in [0.15, 0.2) is 0 Å². The van der Waals surface area contributed by atoms with E-state index in [9.17, 15) is 14.7 Å². The van der Waals surface area contributed by atoms with Gasteiger partial charge in [-0.2, -0.15) is 0 Å². The molecular weight excluding hydrogens is 392 g/mol. The summed E-state index contributed by atoms with van der Waals surface area (Å²) >= 11 is 0. The molecular formula is C25H44N2O4. The Balaban J connectivity index is 1.70. The number of nitrogens with zero attached hydrogens (tertiary/aromatic N) is 1. The Labute approximate surface area is 188 Å². The van der Waals surface area contributed by atoms with E-state index in [1.807, 2.05) is 11.8 Å². The first-order chi connectivity index (χ1) is 14.4. The number of hydrogen-bond donors (Lipinski definition) is 2. The van der Waals surface area contributed by atoms with Crippen molar-refractivity contribution in [3.8, 4) is 0 Å². The van der Waals surface area contributed by atoms with E-state index >= 15 is 0 Å². The van der Waals surface area contributed by atoms with Crippen molar-refractivity contribution in [3.05, 3.63) is 0 Å². The molecule has 3 aliphatic rings. The largest absolute Gasteiger partial charge is 0.392 e. The van der Waals surface area contributed by atoms with Crippen LogP contribution in [-0.2, 0) is 14.3 Å². The predicted octanol–water partition coefficient (Wildman–Crippen LogP) is 3.23. The van der Waals surface area contributed by atoms with Crippen LogP contribution >= 0.6 is 0 Å². The van der Waals surface area contributed by atoms with E-state index in [2.05, 4.69) is 39.9 Å². The number of carbonyl (C=O) groups excluding carboxylic acids is 2. The molecule has 0 aromatic carbocycles. The van der Waals surface area contributed by atoms with Gasteiger partial charge >= 0.3 is 0 Å². The second kappa shape index (κ2) is 9.38. The Morgan fingerprint density at radius 1 is 1.19 bits per heavy atom. The van der Waals surface area contributed by atoms with Crippen molar-refractivity contribution in [2.45, 2.75) is 85.8 Å². The van der Waals surface area contributed by atoms with Crippen molar-refractivity contribution < 1.29 is 19.4 Å². The Morgan fingerprint density at radius 3 is 2.42 bits per heavy atom. The molecule has 0 radical (unpaired) electrons. The fraction of sp³-hybridized carbons (Fsp3) is 0.920. The van der Waals surface area contributed by atoms with Crippen molar-refractivity contribution in [1.82, 2.24) is 10.2 Å². The summed E-state index contributed by atoms with van der Waals surface area (Å²) < 4.78 is 5.39. The van der Waals surface area contributed by atoms with Crippen LogP contribution in [0.5, 0.6) is 0 Å². The maximum atomic E-state index is 13.1. The maximum absolute atomic E-state index is 13.1. The molecule has 1 saturated heterocycles. The van der Waals surface area contributed by atoms with E-state index in [4.69, 9.17) is 4.74 Å². The summed E-state index contributed by atoms with van der Waals surface area (Å²) in [5.74, 6) is 0.312. The third-order valence-corrected chi connectivity index (χ3v) is 8.28. The van der Waals surface area contributed by atoms with Crippen LogP contribution < -0.4 is 5.32 Å². The fourth-order valence-electron chi connectivity index (χ4n) is 6.49. The standard InChI is InChI=1S/C25H44N2O4/c1-16(23(30)27-11-13-31-14-12-27)18-7-9-25(6)10-8-19(17(2)21(25)22(18)29)26-20(28)15-24(3,4)5/h16-19,21-22,29H,7-15H2,1-6H3,(H,26,28)/t16-,17+,18?,19-,21+,22-,25-/m0/s1. The van der Waals surface area contributed by atoms with E-state index in [1.165, 1.54) is 0 Å². The molecule has 178 valence electrons. The van der Waals surface area contributed by atoms with Crippen molar-refractivity contribution in [2.24, 2.45) is 34.5 Å². The van der Waals surface area contributed by atoms with Crippen LogP contribution in [0.2, 0.25) is 0 Å². The lowest BCUT2D eigenvalue weighted by molar-refractivity contribution is -0.154. The molecule has 1 unspecified atom stereocenters. The number of fused-ring (bicyclic) bond motifs is 1. The lowest BCUT2D eigenvalue weighted by atomic mass is 9.51. The fourth-order valence-corrected chi connectivity index (χ4v) is 6.49. The average molecular weight is 437 g/mol. The highest BCUT2D eigenvalue weighted by molar-refractivity contribution is 5.79. The lowest BCUT2D eigenvalue weighted by Gasteiger charge is -2.56. The first-order valence-corrected chi connectivity index (χ1v) is 12.3. The summed E-state index contributed by atoms with van der Waals surface area (Å²) in [5, 5.41) is 14.8. The molecule has 0 bridgehead atoms. The van der Waals surface area contributed by atoms with Crippen LogP contribution in [0, 0.1) is 34.5 Å². The zero-order chi connectivity index (χ0) is 23.0. The monoisotopic (exact) mass is 436 g/mol. The van der Waals surface area contributed by atoms with Crippen LogP contribution in [0.1, 0.15) is 73.6 Å². The highest BCUT2D eigenvalue weighted by atomic mass is 16.5. The number of aliphatic hydroxyl groups is 1. The molecule has 0 aromatic rings. The number of ether oxygens (including phenoxy) is 1. The van der Waals surface area contributed by atoms with E-state index in [1.54, 1.807) is 0 Å². The van der Waals surface area contributed by atoms with Gasteiger partial charge in [-0.1, -0.05) is 41.5 Å². The minimum absolute atomic E-state index is 0.0279. The zero-order valence-corrected chi connectivity index (χ0v) is 20.4. The summed E-state index contributed by atoms with van der Waals surface area (Å²) in [4.78, 5) is 27.6. The van der Waals surface area contributed by atoms with Gasteiger partial charge in [-0.25, -0.2) is 0 Å². The molecule has 3 fully saturated rings. The normalized spacial score (nSPS) is 37.6. The maximum Gasteiger partial charge on any atom is 0.225 e. The second-order valence-electron chi connectivity index (χ2n) is 11.9. The summed E-state index contributed by atoms with van der Waals surface area (Å²) in [6.07, 6.45) is 3.89. The van der Waals surface area contributed by atoms with Crippen LogP contribution in [0.25, 0.3) is 0 Å². The highest BCUT2D eigenvalue weighted by Crippen LogP contribution is 2.55. The highest BCUT2D eigenvalue weighted by Gasteiger charge is 2.54. The molecule has 31 heavy (non-hydrogen) atoms. The predicted molar refractivity (Wildman–Crippen MR) is 121 cm³/mol. The number of amides is 2. The number of aliphatic hydroxyl groups excluding tert-OH is 1. The topological polar surface area (TPSA) is 78.9 Å². The van der Waals surface area contributed by atoms with E-state index in [0.717, 1.165) is 25.7 Å². The Hall–Kier alpha value is -1.14. The molecule has 7 atom stereocenters. The molecule has 1 aliphatic heterocycles. The van der Waals surface area contributed by atoms with Gasteiger partial charge < -0.3 is 20.1 Å². The van der Waals surface area contributed by atoms with Gasteiger partial charge in [-0.15, -0.1) is 0 Å². The summed E-state index contributed by atoms with van der Waals surface area (Å²) in [6.45, 7) is 15.2. The van der Waals surface area contributed by atoms with Gasteiger partial charge in [-0.3, -0.25) is 9.59 Å². The Bertz CT molecular complexity index is 654. The van der Waals surface area contributed by atoms with Gasteiger partial charge in [0.25, 0.3) is 0 Å². The molecule has 2 N–H and O–H groups in total. The molecule has 0 spiro atoms. The first-order valence-electron chi connectivity index (χ1n) is 12.3. The molecule has 0 aromatic heterocycles. The number of nitrogens with one attached hydrogen (secondary N) is 1. The third-order valence-electron chi connectivity index (χ3n) is 8.28. The molecule has 6 nitrogen and oxygen atoms in total. The van der Waals surface area contributed by atoms with Gasteiger partial charge in [0, 0.05) is 31.5 Å². The zero-order valence-electron chi connectivity index (χ0n) is 20.4. The summed E-state index contributed by atoms with van der Waals surface area (Å²) in [6, 6.07) is 0.0894. The lowest BCUT2D eigenvalue weighted by Crippen LogP contribution is -2.59. The van der Waals surface area contributed by atoms with Crippen molar-refractivity contribution in [3.63, 3.8) is 0 Å².